The minimum Gasteiger partial charge on any atom is -0.314 e. The van der Waals surface area contributed by atoms with E-state index in [1.165, 1.54) is 44.9 Å². The Balaban J connectivity index is 1.53. The predicted molar refractivity (Wildman–Crippen MR) is 121 cm³/mol. The lowest BCUT2D eigenvalue weighted by molar-refractivity contribution is -0.126. The lowest BCUT2D eigenvalue weighted by Crippen LogP contribution is -2.52. The number of fused-ring (bicyclic) bond motifs is 3. The summed E-state index contributed by atoms with van der Waals surface area (Å²) in [5.74, 6) is 1.77. The van der Waals surface area contributed by atoms with Gasteiger partial charge in [-0.25, -0.2) is 0 Å². The van der Waals surface area contributed by atoms with Crippen molar-refractivity contribution in [3.05, 3.63) is 24.3 Å². The second-order valence-corrected chi connectivity index (χ2v) is 11.3. The molecule has 1 aliphatic heterocycles. The number of hydrogen-bond donors (Lipinski definition) is 1. The van der Waals surface area contributed by atoms with E-state index in [0.29, 0.717) is 24.2 Å². The Labute approximate surface area is 178 Å². The van der Waals surface area contributed by atoms with E-state index in [-0.39, 0.29) is 16.2 Å². The molecular weight excluding hydrogens is 356 g/mol. The number of piperazine rings is 1. The maximum atomic E-state index is 13.1. The van der Waals surface area contributed by atoms with Gasteiger partial charge in [0.25, 0.3) is 0 Å². The molecule has 3 aliphatic carbocycles. The highest BCUT2D eigenvalue weighted by Gasteiger charge is 2.56. The minimum absolute atomic E-state index is 0.159. The van der Waals surface area contributed by atoms with E-state index >= 15 is 0 Å². The highest BCUT2D eigenvalue weighted by Crippen LogP contribution is 2.65. The SMILES string of the molecule is C=C[C@@]1(C)CCC=C2[C@H]1CC[C@@H]1[C@](C)(CC(=O)CN3CCNCC3)CCC[C@@]21C. The number of Topliss-reactive ketones (excluding diaryl/α,β-unsaturated/α-hetero) is 1. The number of ketones is 1. The van der Waals surface area contributed by atoms with Gasteiger partial charge in [0.2, 0.25) is 0 Å². The number of nitrogens with one attached hydrogen (secondary N) is 1. The summed E-state index contributed by atoms with van der Waals surface area (Å²) < 4.78 is 0. The number of hydrogen-bond acceptors (Lipinski definition) is 3. The minimum atomic E-state index is 0.159. The molecule has 0 aromatic carbocycles. The summed E-state index contributed by atoms with van der Waals surface area (Å²) >= 11 is 0. The van der Waals surface area contributed by atoms with Crippen LogP contribution in [0.5, 0.6) is 0 Å². The zero-order valence-electron chi connectivity index (χ0n) is 19.1. The van der Waals surface area contributed by atoms with Gasteiger partial charge in [0.15, 0.2) is 0 Å². The lowest BCUT2D eigenvalue weighted by Gasteiger charge is -2.60. The molecule has 0 aromatic heterocycles. The first-order valence-corrected chi connectivity index (χ1v) is 12.1. The van der Waals surface area contributed by atoms with Gasteiger partial charge >= 0.3 is 0 Å². The molecule has 0 bridgehead atoms. The maximum Gasteiger partial charge on any atom is 0.147 e. The average Bonchev–Trinajstić information content (AvgIpc) is 2.69. The van der Waals surface area contributed by atoms with Gasteiger partial charge in [-0.2, -0.15) is 0 Å². The smallest absolute Gasteiger partial charge is 0.147 e. The quantitative estimate of drug-likeness (QED) is 0.663. The standard InChI is InChI=1S/C26H42N2O/c1-5-24(2)11-6-8-22-21(24)9-10-23-25(3,12-7-13-26(22,23)4)18-20(29)19-28-16-14-27-15-17-28/h5,8,21,23,27H,1,6-7,9-19H2,2-4H3/t21-,23-,24+,25+,26+/m1/s1. The van der Waals surface area contributed by atoms with Gasteiger partial charge in [0, 0.05) is 32.6 Å². The van der Waals surface area contributed by atoms with Gasteiger partial charge in [0.1, 0.15) is 5.78 Å². The zero-order valence-corrected chi connectivity index (χ0v) is 19.1. The third kappa shape index (κ3) is 3.78. The summed E-state index contributed by atoms with van der Waals surface area (Å²) in [4.78, 5) is 15.5. The fraction of sp³-hybridized carbons (Fsp3) is 0.808. The van der Waals surface area contributed by atoms with Gasteiger partial charge in [-0.3, -0.25) is 9.69 Å². The van der Waals surface area contributed by atoms with Crippen molar-refractivity contribution in [1.82, 2.24) is 10.2 Å². The second-order valence-electron chi connectivity index (χ2n) is 11.3. The molecule has 5 atom stereocenters. The molecule has 1 N–H and O–H groups in total. The van der Waals surface area contributed by atoms with Crippen molar-refractivity contribution in [2.75, 3.05) is 32.7 Å². The Morgan fingerprint density at radius 2 is 1.97 bits per heavy atom. The van der Waals surface area contributed by atoms with Crippen LogP contribution in [0.25, 0.3) is 0 Å². The molecule has 0 radical (unpaired) electrons. The molecule has 0 aromatic rings. The molecule has 1 saturated heterocycles. The van der Waals surface area contributed by atoms with Gasteiger partial charge in [0.05, 0.1) is 6.54 Å². The summed E-state index contributed by atoms with van der Waals surface area (Å²) in [6, 6.07) is 0. The van der Waals surface area contributed by atoms with Crippen molar-refractivity contribution in [3.63, 3.8) is 0 Å². The van der Waals surface area contributed by atoms with Crippen LogP contribution in [-0.4, -0.2) is 43.4 Å². The second kappa shape index (κ2) is 7.96. The zero-order chi connectivity index (χ0) is 20.7. The van der Waals surface area contributed by atoms with Crippen molar-refractivity contribution >= 4 is 5.78 Å². The van der Waals surface area contributed by atoms with Gasteiger partial charge in [-0.15, -0.1) is 6.58 Å². The van der Waals surface area contributed by atoms with Crippen molar-refractivity contribution in [3.8, 4) is 0 Å². The van der Waals surface area contributed by atoms with Crippen LogP contribution < -0.4 is 5.32 Å². The molecular formula is C26H42N2O. The maximum absolute atomic E-state index is 13.1. The fourth-order valence-corrected chi connectivity index (χ4v) is 7.73. The van der Waals surface area contributed by atoms with Crippen molar-refractivity contribution in [1.29, 1.82) is 0 Å². The Kier molecular flexibility index (Phi) is 5.85. The summed E-state index contributed by atoms with van der Waals surface area (Å²) in [5.41, 5.74) is 2.41. The van der Waals surface area contributed by atoms with E-state index in [0.717, 1.165) is 32.6 Å². The normalized spacial score (nSPS) is 43.1. The van der Waals surface area contributed by atoms with Crippen LogP contribution >= 0.6 is 0 Å². The topological polar surface area (TPSA) is 32.3 Å². The van der Waals surface area contributed by atoms with Crippen LogP contribution in [0.15, 0.2) is 24.3 Å². The first kappa shape index (κ1) is 21.3. The molecule has 3 fully saturated rings. The van der Waals surface area contributed by atoms with Crippen LogP contribution in [0.2, 0.25) is 0 Å². The van der Waals surface area contributed by atoms with Crippen LogP contribution in [0.4, 0.5) is 0 Å². The first-order chi connectivity index (χ1) is 13.8. The Morgan fingerprint density at radius 1 is 1.21 bits per heavy atom. The number of rotatable bonds is 5. The van der Waals surface area contributed by atoms with Gasteiger partial charge in [-0.1, -0.05) is 44.9 Å². The molecule has 3 nitrogen and oxygen atoms in total. The molecule has 0 amide bonds. The summed E-state index contributed by atoms with van der Waals surface area (Å²) in [6.07, 6.45) is 14.4. The van der Waals surface area contributed by atoms with E-state index in [1.807, 2.05) is 0 Å². The molecule has 4 rings (SSSR count). The summed E-state index contributed by atoms with van der Waals surface area (Å²) in [7, 11) is 0. The largest absolute Gasteiger partial charge is 0.314 e. The van der Waals surface area contributed by atoms with E-state index in [4.69, 9.17) is 0 Å². The highest BCUT2D eigenvalue weighted by atomic mass is 16.1. The van der Waals surface area contributed by atoms with Crippen LogP contribution in [0, 0.1) is 28.1 Å². The van der Waals surface area contributed by atoms with Crippen LogP contribution in [0.1, 0.15) is 72.1 Å². The molecule has 0 spiro atoms. The van der Waals surface area contributed by atoms with Crippen molar-refractivity contribution in [2.45, 2.75) is 72.1 Å². The van der Waals surface area contributed by atoms with Crippen LogP contribution in [-0.2, 0) is 4.79 Å². The van der Waals surface area contributed by atoms with Crippen molar-refractivity contribution < 1.29 is 4.79 Å². The Morgan fingerprint density at radius 3 is 2.69 bits per heavy atom. The summed E-state index contributed by atoms with van der Waals surface area (Å²) in [6.45, 7) is 16.3. The van der Waals surface area contributed by atoms with E-state index in [9.17, 15) is 4.79 Å². The highest BCUT2D eigenvalue weighted by molar-refractivity contribution is 5.81. The van der Waals surface area contributed by atoms with Crippen molar-refractivity contribution in [2.24, 2.45) is 28.1 Å². The predicted octanol–water partition coefficient (Wildman–Crippen LogP) is 4.99. The molecule has 0 unspecified atom stereocenters. The summed E-state index contributed by atoms with van der Waals surface area (Å²) in [5, 5.41) is 3.39. The number of carbonyl (C=O) groups excluding carboxylic acids is 1. The van der Waals surface area contributed by atoms with Gasteiger partial charge < -0.3 is 5.32 Å². The molecule has 1 heterocycles. The Hall–Kier alpha value is -0.930. The Bertz CT molecular complexity index is 678. The van der Waals surface area contributed by atoms with Gasteiger partial charge in [-0.05, 0) is 66.6 Å². The average molecular weight is 399 g/mol. The third-order valence-corrected chi connectivity index (χ3v) is 9.35. The number of nitrogens with zero attached hydrogens (tertiary/aromatic N) is 1. The van der Waals surface area contributed by atoms with E-state index < -0.39 is 0 Å². The lowest BCUT2D eigenvalue weighted by atomic mass is 9.44. The van der Waals surface area contributed by atoms with E-state index in [2.05, 4.69) is 49.7 Å². The number of carbonyl (C=O) groups is 1. The molecule has 2 saturated carbocycles. The first-order valence-electron chi connectivity index (χ1n) is 12.1. The number of allylic oxidation sites excluding steroid dienone is 3. The molecule has 162 valence electrons. The molecule has 4 aliphatic rings. The monoisotopic (exact) mass is 398 g/mol. The molecule has 3 heteroatoms. The van der Waals surface area contributed by atoms with E-state index in [1.54, 1.807) is 5.57 Å². The third-order valence-electron chi connectivity index (χ3n) is 9.35. The van der Waals surface area contributed by atoms with Crippen LogP contribution in [0.3, 0.4) is 0 Å². The fourth-order valence-electron chi connectivity index (χ4n) is 7.73. The molecule has 29 heavy (non-hydrogen) atoms.